The van der Waals surface area contributed by atoms with Crippen LogP contribution in [0.5, 0.6) is 0 Å². The first-order valence-corrected chi connectivity index (χ1v) is 7.06. The van der Waals surface area contributed by atoms with Crippen molar-refractivity contribution in [3.63, 3.8) is 0 Å². The summed E-state index contributed by atoms with van der Waals surface area (Å²) in [7, 11) is 0. The van der Waals surface area contributed by atoms with E-state index < -0.39 is 0 Å². The number of hydrogen-bond donors (Lipinski definition) is 2. The van der Waals surface area contributed by atoms with Crippen molar-refractivity contribution in [2.24, 2.45) is 5.73 Å². The largest absolute Gasteiger partial charge is 0.383 e. The van der Waals surface area contributed by atoms with Crippen LogP contribution in [0.1, 0.15) is 26.0 Å². The van der Waals surface area contributed by atoms with E-state index in [1.165, 1.54) is 0 Å². The fourth-order valence-electron chi connectivity index (χ4n) is 2.18. The van der Waals surface area contributed by atoms with Crippen molar-refractivity contribution < 1.29 is 0 Å². The van der Waals surface area contributed by atoms with Crippen molar-refractivity contribution in [3.8, 4) is 0 Å². The Morgan fingerprint density at radius 2 is 2.05 bits per heavy atom. The summed E-state index contributed by atoms with van der Waals surface area (Å²) in [6.45, 7) is 6.23. The number of aromatic nitrogens is 3. The van der Waals surface area contributed by atoms with E-state index in [0.717, 1.165) is 36.0 Å². The molecular formula is C14H22N6. The molecule has 6 heteroatoms. The summed E-state index contributed by atoms with van der Waals surface area (Å²) in [5.41, 5.74) is 13.5. The number of pyridine rings is 1. The molecule has 20 heavy (non-hydrogen) atoms. The second-order valence-corrected chi connectivity index (χ2v) is 4.72. The highest BCUT2D eigenvalue weighted by atomic mass is 15.3. The normalized spacial score (nSPS) is 10.9. The maximum absolute atomic E-state index is 6.07. The van der Waals surface area contributed by atoms with Gasteiger partial charge in [-0.05, 0) is 19.4 Å². The van der Waals surface area contributed by atoms with Gasteiger partial charge in [-0.15, -0.1) is 0 Å². The molecule has 6 nitrogen and oxygen atoms in total. The van der Waals surface area contributed by atoms with E-state index in [2.05, 4.69) is 21.9 Å². The summed E-state index contributed by atoms with van der Waals surface area (Å²) >= 11 is 0. The highest BCUT2D eigenvalue weighted by Crippen LogP contribution is 2.21. The second-order valence-electron chi connectivity index (χ2n) is 4.72. The van der Waals surface area contributed by atoms with Gasteiger partial charge in [0.05, 0.1) is 11.7 Å². The number of anilines is 2. The summed E-state index contributed by atoms with van der Waals surface area (Å²) in [5.74, 6) is 1.12. The third-order valence-corrected chi connectivity index (χ3v) is 3.23. The van der Waals surface area contributed by atoms with Crippen LogP contribution in [-0.4, -0.2) is 34.6 Å². The molecular weight excluding hydrogens is 252 g/mol. The third kappa shape index (κ3) is 2.96. The first-order chi connectivity index (χ1) is 9.69. The molecule has 0 saturated heterocycles. The highest BCUT2D eigenvalue weighted by molar-refractivity contribution is 5.88. The zero-order valence-corrected chi connectivity index (χ0v) is 12.1. The van der Waals surface area contributed by atoms with Crippen molar-refractivity contribution in [1.82, 2.24) is 15.0 Å². The molecule has 0 unspecified atom stereocenters. The molecule has 0 aliphatic rings. The first-order valence-electron chi connectivity index (χ1n) is 7.06. The second kappa shape index (κ2) is 6.47. The van der Waals surface area contributed by atoms with Gasteiger partial charge in [0.25, 0.3) is 0 Å². The van der Waals surface area contributed by atoms with Crippen LogP contribution < -0.4 is 16.4 Å². The van der Waals surface area contributed by atoms with Gasteiger partial charge >= 0.3 is 0 Å². The predicted octanol–water partition coefficient (Wildman–Crippen LogP) is 1.34. The minimum atomic E-state index is 0.500. The summed E-state index contributed by atoms with van der Waals surface area (Å²) in [6, 6.07) is 1.98. The van der Waals surface area contributed by atoms with E-state index in [9.17, 15) is 0 Å². The van der Waals surface area contributed by atoms with Crippen molar-refractivity contribution in [3.05, 3.63) is 18.0 Å². The third-order valence-electron chi connectivity index (χ3n) is 3.23. The van der Waals surface area contributed by atoms with E-state index in [-0.39, 0.29) is 0 Å². The number of nitrogen functional groups attached to an aromatic ring is 1. The number of hydrogen-bond acceptors (Lipinski definition) is 6. The van der Waals surface area contributed by atoms with Crippen molar-refractivity contribution >= 4 is 22.7 Å². The molecule has 0 aromatic carbocycles. The molecule has 0 saturated carbocycles. The Morgan fingerprint density at radius 1 is 1.25 bits per heavy atom. The molecule has 0 aliphatic heterocycles. The Bertz CT molecular complexity index is 583. The number of rotatable bonds is 6. The standard InChI is InChI=1S/C14H22N6/c1-3-5-10-8-11-12(9-17-10)18-14(19-13(11)16)20(4-2)7-6-15/h8-9H,3-7,15H2,1-2H3,(H2,16,18,19). The molecule has 0 fully saturated rings. The van der Waals surface area contributed by atoms with E-state index in [0.29, 0.717) is 24.9 Å². The Morgan fingerprint density at radius 3 is 2.70 bits per heavy atom. The summed E-state index contributed by atoms with van der Waals surface area (Å²) in [5, 5.41) is 0.871. The molecule has 0 spiro atoms. The summed E-state index contributed by atoms with van der Waals surface area (Å²) in [4.78, 5) is 15.4. The van der Waals surface area contributed by atoms with Gasteiger partial charge < -0.3 is 16.4 Å². The molecule has 0 atom stereocenters. The monoisotopic (exact) mass is 274 g/mol. The van der Waals surface area contributed by atoms with Gasteiger partial charge in [-0.25, -0.2) is 4.98 Å². The quantitative estimate of drug-likeness (QED) is 0.825. The molecule has 0 bridgehead atoms. The lowest BCUT2D eigenvalue weighted by Crippen LogP contribution is -2.30. The fourth-order valence-corrected chi connectivity index (χ4v) is 2.18. The van der Waals surface area contributed by atoms with Crippen molar-refractivity contribution in [2.45, 2.75) is 26.7 Å². The SMILES string of the molecule is CCCc1cc2c(N)nc(N(CC)CCN)nc2cn1. The van der Waals surface area contributed by atoms with E-state index in [1.807, 2.05) is 17.9 Å². The maximum Gasteiger partial charge on any atom is 0.227 e. The summed E-state index contributed by atoms with van der Waals surface area (Å²) < 4.78 is 0. The van der Waals surface area contributed by atoms with Crippen LogP contribution in [0.25, 0.3) is 10.9 Å². The Balaban J connectivity index is 2.44. The maximum atomic E-state index is 6.07. The molecule has 2 rings (SSSR count). The van der Waals surface area contributed by atoms with Gasteiger partial charge in [0.15, 0.2) is 0 Å². The number of nitrogens with two attached hydrogens (primary N) is 2. The topological polar surface area (TPSA) is 94.0 Å². The lowest BCUT2D eigenvalue weighted by Gasteiger charge is -2.20. The summed E-state index contributed by atoms with van der Waals surface area (Å²) in [6.07, 6.45) is 3.76. The van der Waals surface area contributed by atoms with E-state index in [1.54, 1.807) is 6.20 Å². The molecule has 0 amide bonds. The van der Waals surface area contributed by atoms with Crippen LogP contribution in [0.4, 0.5) is 11.8 Å². The van der Waals surface area contributed by atoms with E-state index >= 15 is 0 Å². The van der Waals surface area contributed by atoms with Crippen LogP contribution in [-0.2, 0) is 6.42 Å². The van der Waals surface area contributed by atoms with Gasteiger partial charge in [-0.1, -0.05) is 13.3 Å². The molecule has 2 aromatic heterocycles. The van der Waals surface area contributed by atoms with Crippen LogP contribution in [0.3, 0.4) is 0 Å². The molecule has 4 N–H and O–H groups in total. The first kappa shape index (κ1) is 14.5. The Hall–Kier alpha value is -1.95. The molecule has 108 valence electrons. The minimum Gasteiger partial charge on any atom is -0.383 e. The predicted molar refractivity (Wildman–Crippen MR) is 82.7 cm³/mol. The van der Waals surface area contributed by atoms with Gasteiger partial charge in [0.1, 0.15) is 5.82 Å². The van der Waals surface area contributed by atoms with Crippen LogP contribution in [0.2, 0.25) is 0 Å². The fraction of sp³-hybridized carbons (Fsp3) is 0.500. The average molecular weight is 274 g/mol. The number of aryl methyl sites for hydroxylation is 1. The average Bonchev–Trinajstić information content (AvgIpc) is 2.45. The van der Waals surface area contributed by atoms with Crippen molar-refractivity contribution in [1.29, 1.82) is 0 Å². The van der Waals surface area contributed by atoms with Gasteiger partial charge in [-0.3, -0.25) is 4.98 Å². The zero-order valence-electron chi connectivity index (χ0n) is 12.1. The van der Waals surface area contributed by atoms with Crippen molar-refractivity contribution in [2.75, 3.05) is 30.3 Å². The Kier molecular flexibility index (Phi) is 4.68. The van der Waals surface area contributed by atoms with Crippen LogP contribution in [0.15, 0.2) is 12.3 Å². The van der Waals surface area contributed by atoms with Gasteiger partial charge in [0, 0.05) is 30.7 Å². The number of nitrogens with zero attached hydrogens (tertiary/aromatic N) is 4. The zero-order chi connectivity index (χ0) is 14.5. The molecule has 2 aromatic rings. The van der Waals surface area contributed by atoms with Crippen LogP contribution >= 0.6 is 0 Å². The number of likely N-dealkylation sites (N-methyl/N-ethyl adjacent to an activating group) is 1. The van der Waals surface area contributed by atoms with E-state index in [4.69, 9.17) is 11.5 Å². The number of fused-ring (bicyclic) bond motifs is 1. The highest BCUT2D eigenvalue weighted by Gasteiger charge is 2.11. The molecule has 2 heterocycles. The lowest BCUT2D eigenvalue weighted by molar-refractivity contribution is 0.787. The smallest absolute Gasteiger partial charge is 0.227 e. The molecule has 0 radical (unpaired) electrons. The van der Waals surface area contributed by atoms with Gasteiger partial charge in [-0.2, -0.15) is 4.98 Å². The van der Waals surface area contributed by atoms with Gasteiger partial charge in [0.2, 0.25) is 5.95 Å². The Labute approximate surface area is 119 Å². The molecule has 0 aliphatic carbocycles. The lowest BCUT2D eigenvalue weighted by atomic mass is 10.2. The minimum absolute atomic E-state index is 0.500. The van der Waals surface area contributed by atoms with Crippen LogP contribution in [0, 0.1) is 0 Å².